The molecule has 0 atom stereocenters. The lowest BCUT2D eigenvalue weighted by Crippen LogP contribution is -2.17. The molecule has 0 bridgehead atoms. The van der Waals surface area contributed by atoms with Crippen LogP contribution in [0.15, 0.2) is 22.7 Å². The number of thiocarbonyl (C=S) groups is 1. The molecule has 0 aliphatic heterocycles. The van der Waals surface area contributed by atoms with Gasteiger partial charge in [0.25, 0.3) is 0 Å². The molecule has 3 N–H and O–H groups in total. The molecule has 0 saturated carbocycles. The van der Waals surface area contributed by atoms with Crippen LogP contribution in [0.3, 0.4) is 0 Å². The van der Waals surface area contributed by atoms with E-state index in [1.165, 1.54) is 0 Å². The van der Waals surface area contributed by atoms with Crippen molar-refractivity contribution in [1.29, 1.82) is 0 Å². The predicted molar refractivity (Wildman–Crippen MR) is 89.8 cm³/mol. The second-order valence-electron chi connectivity index (χ2n) is 4.25. The van der Waals surface area contributed by atoms with Crippen LogP contribution >= 0.6 is 39.7 Å². The van der Waals surface area contributed by atoms with Gasteiger partial charge in [-0.15, -0.1) is 5.10 Å². The second-order valence-corrected chi connectivity index (χ2v) is 6.01. The van der Waals surface area contributed by atoms with Gasteiger partial charge >= 0.3 is 0 Å². The van der Waals surface area contributed by atoms with Gasteiger partial charge in [0.2, 0.25) is 0 Å². The van der Waals surface area contributed by atoms with E-state index in [9.17, 15) is 0 Å². The summed E-state index contributed by atoms with van der Waals surface area (Å²) >= 11 is 14.7. The fourth-order valence-electron chi connectivity index (χ4n) is 1.72. The number of hydrogen-bond acceptors (Lipinski definition) is 4. The maximum absolute atomic E-state index is 6.15. The van der Waals surface area contributed by atoms with Crippen molar-refractivity contribution in [3.8, 4) is 0 Å². The third-order valence-electron chi connectivity index (χ3n) is 2.88. The lowest BCUT2D eigenvalue weighted by Gasteiger charge is -2.14. The summed E-state index contributed by atoms with van der Waals surface area (Å²) in [6.07, 6.45) is 0. The van der Waals surface area contributed by atoms with Crippen LogP contribution in [0.5, 0.6) is 0 Å². The number of nitrogens with one attached hydrogen (secondary N) is 1. The maximum Gasteiger partial charge on any atom is 0.163 e. The van der Waals surface area contributed by atoms with Crippen LogP contribution in [0.2, 0.25) is 5.02 Å². The fraction of sp³-hybridized carbons (Fsp3) is 0.154. The summed E-state index contributed by atoms with van der Waals surface area (Å²) in [5.41, 5.74) is 8.87. The van der Waals surface area contributed by atoms with E-state index >= 15 is 0 Å². The molecule has 104 valence electrons. The quantitative estimate of drug-likeness (QED) is 0.801. The van der Waals surface area contributed by atoms with Crippen LogP contribution in [0.1, 0.15) is 16.8 Å². The zero-order chi connectivity index (χ0) is 14.9. The minimum Gasteiger partial charge on any atom is -0.389 e. The Kier molecular flexibility index (Phi) is 4.57. The van der Waals surface area contributed by atoms with Gasteiger partial charge in [0.05, 0.1) is 22.0 Å². The number of nitrogens with zero attached hydrogens (tertiary/aromatic N) is 2. The van der Waals surface area contributed by atoms with E-state index in [1.54, 1.807) is 6.07 Å². The first kappa shape index (κ1) is 15.2. The van der Waals surface area contributed by atoms with Crippen LogP contribution in [-0.2, 0) is 0 Å². The Balaban J connectivity index is 2.51. The third kappa shape index (κ3) is 3.08. The van der Waals surface area contributed by atoms with Crippen LogP contribution < -0.4 is 11.1 Å². The minimum atomic E-state index is 0.272. The first-order valence-electron chi connectivity index (χ1n) is 5.76. The topological polar surface area (TPSA) is 63.8 Å². The molecule has 0 unspecified atom stereocenters. The summed E-state index contributed by atoms with van der Waals surface area (Å²) in [5.74, 6) is 0.501. The SMILES string of the molecule is Cc1nnc(Nc2cc(Br)ccc2Cl)c(C(N)=S)c1C. The third-order valence-corrected chi connectivity index (χ3v) is 3.91. The highest BCUT2D eigenvalue weighted by atomic mass is 79.9. The van der Waals surface area contributed by atoms with Gasteiger partial charge in [0, 0.05) is 4.47 Å². The van der Waals surface area contributed by atoms with Crippen molar-refractivity contribution in [3.63, 3.8) is 0 Å². The largest absolute Gasteiger partial charge is 0.389 e. The number of aryl methyl sites for hydroxylation is 1. The lowest BCUT2D eigenvalue weighted by molar-refractivity contribution is 0.963. The van der Waals surface area contributed by atoms with Gasteiger partial charge in [0.15, 0.2) is 5.82 Å². The van der Waals surface area contributed by atoms with Crippen molar-refractivity contribution in [2.24, 2.45) is 5.73 Å². The molecule has 7 heteroatoms. The number of anilines is 2. The Morgan fingerprint density at radius 3 is 2.70 bits per heavy atom. The van der Waals surface area contributed by atoms with E-state index in [2.05, 4.69) is 31.4 Å². The Bertz CT molecular complexity index is 690. The number of nitrogens with two attached hydrogens (primary N) is 1. The average molecular weight is 372 g/mol. The van der Waals surface area contributed by atoms with Crippen LogP contribution in [0.25, 0.3) is 0 Å². The summed E-state index contributed by atoms with van der Waals surface area (Å²) in [5, 5.41) is 11.9. The zero-order valence-electron chi connectivity index (χ0n) is 10.9. The molecule has 1 heterocycles. The summed E-state index contributed by atoms with van der Waals surface area (Å²) < 4.78 is 0.901. The molecule has 4 nitrogen and oxygen atoms in total. The molecule has 0 saturated heterocycles. The van der Waals surface area contributed by atoms with Gasteiger partial charge in [-0.25, -0.2) is 0 Å². The smallest absolute Gasteiger partial charge is 0.163 e. The normalized spacial score (nSPS) is 10.4. The molecular weight excluding hydrogens is 360 g/mol. The van der Waals surface area contributed by atoms with Crippen molar-refractivity contribution in [1.82, 2.24) is 10.2 Å². The molecule has 1 aromatic heterocycles. The van der Waals surface area contributed by atoms with Crippen LogP contribution in [0.4, 0.5) is 11.5 Å². The Morgan fingerprint density at radius 2 is 2.05 bits per heavy atom. The van der Waals surface area contributed by atoms with Crippen LogP contribution in [-0.4, -0.2) is 15.2 Å². The molecular formula is C13H12BrClN4S. The van der Waals surface area contributed by atoms with Gasteiger partial charge < -0.3 is 11.1 Å². The molecule has 0 aliphatic carbocycles. The Labute approximate surface area is 135 Å². The summed E-state index contributed by atoms with van der Waals surface area (Å²) in [7, 11) is 0. The van der Waals surface area contributed by atoms with E-state index in [1.807, 2.05) is 26.0 Å². The lowest BCUT2D eigenvalue weighted by atomic mass is 10.1. The molecule has 0 amide bonds. The summed E-state index contributed by atoms with van der Waals surface area (Å²) in [6, 6.07) is 5.49. The van der Waals surface area contributed by atoms with Crippen LogP contribution in [0, 0.1) is 13.8 Å². The van der Waals surface area contributed by atoms with Crippen molar-refractivity contribution in [3.05, 3.63) is 44.5 Å². The van der Waals surface area contributed by atoms with Crippen molar-refractivity contribution < 1.29 is 0 Å². The van der Waals surface area contributed by atoms with Gasteiger partial charge in [-0.05, 0) is 37.6 Å². The first-order chi connectivity index (χ1) is 9.40. The molecule has 20 heavy (non-hydrogen) atoms. The van der Waals surface area contributed by atoms with E-state index in [0.29, 0.717) is 22.1 Å². The molecule has 2 aromatic rings. The molecule has 0 fully saturated rings. The highest BCUT2D eigenvalue weighted by Crippen LogP contribution is 2.30. The molecule has 2 rings (SSSR count). The molecule has 0 spiro atoms. The summed E-state index contributed by atoms with van der Waals surface area (Å²) in [6.45, 7) is 3.77. The first-order valence-corrected chi connectivity index (χ1v) is 7.34. The van der Waals surface area contributed by atoms with E-state index in [4.69, 9.17) is 29.6 Å². The zero-order valence-corrected chi connectivity index (χ0v) is 14.0. The van der Waals surface area contributed by atoms with E-state index in [0.717, 1.165) is 15.7 Å². The monoisotopic (exact) mass is 370 g/mol. The number of halogens is 2. The van der Waals surface area contributed by atoms with E-state index < -0.39 is 0 Å². The maximum atomic E-state index is 6.15. The standard InChI is InChI=1S/C13H12BrClN4S/c1-6-7(2)18-19-13(11(6)12(16)20)17-10-5-8(14)3-4-9(10)15/h3-5H,1-2H3,(H2,16,20)(H,17,19). The highest BCUT2D eigenvalue weighted by molar-refractivity contribution is 9.10. The fourth-order valence-corrected chi connectivity index (χ4v) is 2.49. The number of benzene rings is 1. The number of hydrogen-bond donors (Lipinski definition) is 2. The Hall–Kier alpha value is -1.24. The second kappa shape index (κ2) is 6.03. The summed E-state index contributed by atoms with van der Waals surface area (Å²) in [4.78, 5) is 0.272. The van der Waals surface area contributed by atoms with Gasteiger partial charge in [-0.2, -0.15) is 5.10 Å². The van der Waals surface area contributed by atoms with Gasteiger partial charge in [0.1, 0.15) is 4.99 Å². The average Bonchev–Trinajstić information content (AvgIpc) is 2.38. The minimum absolute atomic E-state index is 0.272. The number of aromatic nitrogens is 2. The molecule has 0 radical (unpaired) electrons. The van der Waals surface area contributed by atoms with Crippen molar-refractivity contribution >= 4 is 56.2 Å². The van der Waals surface area contributed by atoms with Gasteiger partial charge in [-0.1, -0.05) is 39.7 Å². The number of rotatable bonds is 3. The highest BCUT2D eigenvalue weighted by Gasteiger charge is 2.14. The molecule has 0 aliphatic rings. The van der Waals surface area contributed by atoms with E-state index in [-0.39, 0.29) is 4.99 Å². The van der Waals surface area contributed by atoms with Gasteiger partial charge in [-0.3, -0.25) is 0 Å². The predicted octanol–water partition coefficient (Wildman–Crippen LogP) is 3.89. The molecule has 1 aromatic carbocycles. The Morgan fingerprint density at radius 1 is 1.35 bits per heavy atom. The van der Waals surface area contributed by atoms with Crippen molar-refractivity contribution in [2.45, 2.75) is 13.8 Å². The van der Waals surface area contributed by atoms with Crippen molar-refractivity contribution in [2.75, 3.05) is 5.32 Å².